The highest BCUT2D eigenvalue weighted by molar-refractivity contribution is 6.00. The molecular weight excluding hydrogens is 374 g/mol. The number of nitrogens with one attached hydrogen (secondary N) is 1. The number of benzene rings is 1. The predicted molar refractivity (Wildman–Crippen MR) is 107 cm³/mol. The fourth-order valence-corrected chi connectivity index (χ4v) is 3.82. The largest absolute Gasteiger partial charge is 0.364 e. The fraction of sp³-hybridized carbons (Fsp3) is 0.227. The number of hydrogen-bond donors (Lipinski definition) is 1. The van der Waals surface area contributed by atoms with Gasteiger partial charge in [0.05, 0.1) is 6.04 Å². The third kappa shape index (κ3) is 3.22. The highest BCUT2D eigenvalue weighted by Crippen LogP contribution is 2.41. The van der Waals surface area contributed by atoms with Gasteiger partial charge in [-0.25, -0.2) is 14.4 Å². The van der Waals surface area contributed by atoms with E-state index in [0.29, 0.717) is 17.9 Å². The topological polar surface area (TPSA) is 59.3 Å². The first kappa shape index (κ1) is 19.0. The average Bonchev–Trinajstić information content (AvgIpc) is 3.07. The van der Waals surface area contributed by atoms with Crippen LogP contribution >= 0.6 is 0 Å². The lowest BCUT2D eigenvalue weighted by Crippen LogP contribution is -2.41. The Bertz CT molecular complexity index is 1140. The van der Waals surface area contributed by atoms with Crippen molar-refractivity contribution in [2.75, 3.05) is 0 Å². The summed E-state index contributed by atoms with van der Waals surface area (Å²) in [5, 5.41) is 3.36. The van der Waals surface area contributed by atoms with Crippen molar-refractivity contribution in [3.63, 3.8) is 0 Å². The number of halogens is 2. The van der Waals surface area contributed by atoms with Crippen molar-refractivity contribution < 1.29 is 8.78 Å². The van der Waals surface area contributed by atoms with Gasteiger partial charge in [0.2, 0.25) is 5.95 Å². The van der Waals surface area contributed by atoms with Crippen molar-refractivity contribution in [1.82, 2.24) is 14.9 Å². The van der Waals surface area contributed by atoms with E-state index in [-0.39, 0.29) is 17.4 Å². The van der Waals surface area contributed by atoms with Gasteiger partial charge in [-0.05, 0) is 55.3 Å². The Morgan fingerprint density at radius 1 is 1.10 bits per heavy atom. The van der Waals surface area contributed by atoms with E-state index in [1.54, 1.807) is 35.0 Å². The number of rotatable bonds is 4. The van der Waals surface area contributed by atoms with Crippen molar-refractivity contribution >= 4 is 5.84 Å². The lowest BCUT2D eigenvalue weighted by molar-refractivity contribution is 0.448. The summed E-state index contributed by atoms with van der Waals surface area (Å²) in [5.74, 6) is -0.386. The Labute approximate surface area is 166 Å². The molecule has 1 aromatic carbocycles. The quantitative estimate of drug-likeness (QED) is 0.692. The van der Waals surface area contributed by atoms with Crippen molar-refractivity contribution in [1.29, 1.82) is 0 Å². The first-order valence-electron chi connectivity index (χ1n) is 9.39. The Morgan fingerprint density at radius 2 is 1.86 bits per heavy atom. The van der Waals surface area contributed by atoms with Gasteiger partial charge in [-0.15, -0.1) is 0 Å². The molecule has 2 atom stereocenters. The number of pyridine rings is 2. The third-order valence-electron chi connectivity index (χ3n) is 5.32. The van der Waals surface area contributed by atoms with Crippen molar-refractivity contribution in [2.45, 2.75) is 32.0 Å². The number of hydrogen-bond acceptors (Lipinski definition) is 4. The summed E-state index contributed by atoms with van der Waals surface area (Å²) in [6.07, 6.45) is 3.14. The molecule has 7 heteroatoms. The molecule has 0 amide bonds. The van der Waals surface area contributed by atoms with E-state index in [1.807, 2.05) is 13.8 Å². The van der Waals surface area contributed by atoms with Gasteiger partial charge in [0.25, 0.3) is 5.56 Å². The van der Waals surface area contributed by atoms with Crippen molar-refractivity contribution in [3.05, 3.63) is 99.7 Å². The summed E-state index contributed by atoms with van der Waals surface area (Å²) in [5.41, 5.74) is 1.01. The molecule has 1 N–H and O–H groups in total. The molecule has 0 radical (unpaired) electrons. The van der Waals surface area contributed by atoms with E-state index in [9.17, 15) is 13.6 Å². The zero-order chi connectivity index (χ0) is 20.6. The van der Waals surface area contributed by atoms with Gasteiger partial charge in [0.15, 0.2) is 0 Å². The molecule has 0 bridgehead atoms. The van der Waals surface area contributed by atoms with Crippen LogP contribution < -0.4 is 10.9 Å². The maximum Gasteiger partial charge on any atom is 0.250 e. The summed E-state index contributed by atoms with van der Waals surface area (Å²) < 4.78 is 29.1. The van der Waals surface area contributed by atoms with Gasteiger partial charge < -0.3 is 9.88 Å². The number of aromatic nitrogens is 2. The van der Waals surface area contributed by atoms with E-state index in [2.05, 4.69) is 10.3 Å². The molecule has 0 saturated heterocycles. The summed E-state index contributed by atoms with van der Waals surface area (Å²) in [6, 6.07) is 12.1. The Kier molecular flexibility index (Phi) is 4.74. The van der Waals surface area contributed by atoms with Crippen LogP contribution in [0, 0.1) is 11.8 Å². The van der Waals surface area contributed by atoms with Gasteiger partial charge >= 0.3 is 0 Å². The molecule has 29 heavy (non-hydrogen) atoms. The number of nitrogens with zero attached hydrogens (tertiary/aromatic N) is 3. The van der Waals surface area contributed by atoms with E-state index in [1.165, 1.54) is 30.5 Å². The van der Waals surface area contributed by atoms with Crippen LogP contribution in [0.15, 0.2) is 70.7 Å². The minimum atomic E-state index is -0.972. The zero-order valence-corrected chi connectivity index (χ0v) is 16.1. The van der Waals surface area contributed by atoms with E-state index >= 15 is 0 Å². The maximum absolute atomic E-state index is 14.0. The van der Waals surface area contributed by atoms with Gasteiger partial charge in [-0.1, -0.05) is 12.1 Å². The molecule has 1 aliphatic rings. The van der Waals surface area contributed by atoms with Gasteiger partial charge in [0.1, 0.15) is 17.2 Å². The second-order valence-electron chi connectivity index (χ2n) is 7.01. The molecule has 3 heterocycles. The molecule has 0 fully saturated rings. The summed E-state index contributed by atoms with van der Waals surface area (Å²) in [6.45, 7) is 4.36. The second-order valence-corrected chi connectivity index (χ2v) is 7.01. The molecule has 2 aromatic heterocycles. The average molecular weight is 394 g/mol. The van der Waals surface area contributed by atoms with Gasteiger partial charge in [-0.3, -0.25) is 4.79 Å². The third-order valence-corrected chi connectivity index (χ3v) is 5.32. The zero-order valence-electron chi connectivity index (χ0n) is 16.1. The molecule has 0 unspecified atom stereocenters. The summed E-state index contributed by atoms with van der Waals surface area (Å²) >= 11 is 0. The van der Waals surface area contributed by atoms with Crippen LogP contribution in [-0.2, 0) is 12.1 Å². The van der Waals surface area contributed by atoms with E-state index < -0.39 is 11.5 Å². The van der Waals surface area contributed by atoms with Crippen molar-refractivity contribution in [3.8, 4) is 0 Å². The highest BCUT2D eigenvalue weighted by atomic mass is 19.1. The lowest BCUT2D eigenvalue weighted by Gasteiger charge is -2.31. The van der Waals surface area contributed by atoms with Crippen LogP contribution in [0.1, 0.15) is 30.5 Å². The smallest absolute Gasteiger partial charge is 0.250 e. The Balaban J connectivity index is 1.93. The normalized spacial score (nSPS) is 21.0. The summed E-state index contributed by atoms with van der Waals surface area (Å²) in [4.78, 5) is 20.6. The summed E-state index contributed by atoms with van der Waals surface area (Å²) in [7, 11) is 0. The minimum absolute atomic E-state index is 0.0936. The number of aryl methyl sites for hydroxylation is 1. The van der Waals surface area contributed by atoms with Crippen LogP contribution in [0.3, 0.4) is 0 Å². The SMILES string of the molecule is CCn1cc(C2=N[C@@](c3ccc(F)cc3)(c3ccnc(F)c3)[C@H](C)N2)ccc1=O. The molecule has 5 nitrogen and oxygen atoms in total. The number of aliphatic imine (C=N–C) groups is 1. The predicted octanol–water partition coefficient (Wildman–Crippen LogP) is 3.22. The maximum atomic E-state index is 14.0. The van der Waals surface area contributed by atoms with E-state index in [0.717, 1.165) is 11.1 Å². The number of amidine groups is 1. The Hall–Kier alpha value is -3.35. The highest BCUT2D eigenvalue weighted by Gasteiger charge is 2.45. The van der Waals surface area contributed by atoms with Gasteiger partial charge in [0, 0.05) is 30.6 Å². The fourth-order valence-electron chi connectivity index (χ4n) is 3.82. The molecular formula is C22H20F2N4O. The monoisotopic (exact) mass is 394 g/mol. The lowest BCUT2D eigenvalue weighted by atomic mass is 9.79. The van der Waals surface area contributed by atoms with Crippen LogP contribution in [0.2, 0.25) is 0 Å². The molecule has 0 spiro atoms. The van der Waals surface area contributed by atoms with Crippen molar-refractivity contribution in [2.24, 2.45) is 4.99 Å². The molecule has 1 aliphatic heterocycles. The minimum Gasteiger partial charge on any atom is -0.364 e. The molecule has 3 aromatic rings. The van der Waals surface area contributed by atoms with Crippen LogP contribution in [0.4, 0.5) is 8.78 Å². The van der Waals surface area contributed by atoms with Crippen LogP contribution in [0.25, 0.3) is 0 Å². The second kappa shape index (κ2) is 7.24. The van der Waals surface area contributed by atoms with E-state index in [4.69, 9.17) is 4.99 Å². The Morgan fingerprint density at radius 3 is 2.55 bits per heavy atom. The first-order valence-corrected chi connectivity index (χ1v) is 9.39. The standard InChI is InChI=1S/C22H20F2N4O/c1-3-28-13-15(4-9-20(28)29)21-26-14(2)22(27-21,16-5-7-18(23)8-6-16)17-10-11-25-19(24)12-17/h4-14H,3H2,1-2H3,(H,26,27)/t14-,22-/m0/s1. The molecule has 0 aliphatic carbocycles. The molecule has 0 saturated carbocycles. The van der Waals surface area contributed by atoms with Crippen LogP contribution in [0.5, 0.6) is 0 Å². The van der Waals surface area contributed by atoms with Crippen LogP contribution in [-0.4, -0.2) is 21.4 Å². The first-order chi connectivity index (χ1) is 13.9. The molecule has 148 valence electrons. The molecule has 4 rings (SSSR count). The van der Waals surface area contributed by atoms with Gasteiger partial charge in [-0.2, -0.15) is 4.39 Å².